The van der Waals surface area contributed by atoms with E-state index in [1.54, 1.807) is 0 Å². The maximum absolute atomic E-state index is 5.80. The fraction of sp³-hybridized carbons (Fsp3) is 0.538. The Labute approximate surface area is 98.2 Å². The van der Waals surface area contributed by atoms with Crippen LogP contribution in [0.3, 0.4) is 0 Å². The second-order valence-corrected chi connectivity index (χ2v) is 4.00. The molecule has 1 aromatic carbocycles. The summed E-state index contributed by atoms with van der Waals surface area (Å²) in [4.78, 5) is 2.18. The molecule has 1 atom stereocenters. The highest BCUT2D eigenvalue weighted by molar-refractivity contribution is 5.47. The van der Waals surface area contributed by atoms with Gasteiger partial charge >= 0.3 is 0 Å². The smallest absolute Gasteiger partial charge is 0.0641 e. The Hall–Kier alpha value is -1.06. The van der Waals surface area contributed by atoms with Crippen LogP contribution in [-0.2, 0) is 4.74 Å². The predicted molar refractivity (Wildman–Crippen MR) is 68.8 cm³/mol. The molecule has 1 rings (SSSR count). The van der Waals surface area contributed by atoms with Gasteiger partial charge in [-0.05, 0) is 31.5 Å². The lowest BCUT2D eigenvalue weighted by molar-refractivity contribution is 0.154. The minimum absolute atomic E-state index is 0.0998. The van der Waals surface area contributed by atoms with Crippen molar-refractivity contribution in [1.29, 1.82) is 0 Å². The molecule has 16 heavy (non-hydrogen) atoms. The van der Waals surface area contributed by atoms with E-state index in [9.17, 15) is 0 Å². The van der Waals surface area contributed by atoms with Gasteiger partial charge in [0.2, 0.25) is 0 Å². The molecule has 0 amide bonds. The number of rotatable bonds is 6. The fourth-order valence-corrected chi connectivity index (χ4v) is 1.51. The minimum Gasteiger partial charge on any atom is -0.380 e. The summed E-state index contributed by atoms with van der Waals surface area (Å²) in [5.74, 6) is 0. The van der Waals surface area contributed by atoms with Crippen LogP contribution in [0.4, 0.5) is 5.69 Å². The van der Waals surface area contributed by atoms with Crippen molar-refractivity contribution in [2.75, 3.05) is 31.7 Å². The normalized spacial score (nSPS) is 12.5. The van der Waals surface area contributed by atoms with Gasteiger partial charge in [0.15, 0.2) is 0 Å². The molecule has 2 N–H and O–H groups in total. The molecule has 0 saturated carbocycles. The van der Waals surface area contributed by atoms with Crippen LogP contribution < -0.4 is 10.6 Å². The molecule has 3 nitrogen and oxygen atoms in total. The van der Waals surface area contributed by atoms with Crippen LogP contribution in [0, 0.1) is 0 Å². The van der Waals surface area contributed by atoms with Gasteiger partial charge in [-0.15, -0.1) is 0 Å². The predicted octanol–water partition coefficient (Wildman–Crippen LogP) is 2.18. The number of nitrogens with zero attached hydrogens (tertiary/aromatic N) is 1. The van der Waals surface area contributed by atoms with E-state index in [1.807, 2.05) is 13.8 Å². The van der Waals surface area contributed by atoms with Gasteiger partial charge in [-0.3, -0.25) is 0 Å². The maximum Gasteiger partial charge on any atom is 0.0641 e. The monoisotopic (exact) mass is 222 g/mol. The van der Waals surface area contributed by atoms with Gasteiger partial charge in [0.1, 0.15) is 0 Å². The number of hydrogen-bond acceptors (Lipinski definition) is 3. The third kappa shape index (κ3) is 3.83. The van der Waals surface area contributed by atoms with Crippen LogP contribution in [0.15, 0.2) is 24.3 Å². The summed E-state index contributed by atoms with van der Waals surface area (Å²) in [7, 11) is 2.07. The molecule has 0 aliphatic carbocycles. The molecule has 1 unspecified atom stereocenters. The largest absolute Gasteiger partial charge is 0.380 e. The Morgan fingerprint density at radius 1 is 1.31 bits per heavy atom. The first kappa shape index (κ1) is 13.0. The van der Waals surface area contributed by atoms with Crippen molar-refractivity contribution in [3.63, 3.8) is 0 Å². The molecule has 0 aromatic heterocycles. The van der Waals surface area contributed by atoms with Gasteiger partial charge in [0.05, 0.1) is 6.61 Å². The van der Waals surface area contributed by atoms with Crippen molar-refractivity contribution in [1.82, 2.24) is 0 Å². The van der Waals surface area contributed by atoms with E-state index in [1.165, 1.54) is 11.3 Å². The topological polar surface area (TPSA) is 38.5 Å². The summed E-state index contributed by atoms with van der Waals surface area (Å²) >= 11 is 0. The van der Waals surface area contributed by atoms with E-state index >= 15 is 0 Å². The Balaban J connectivity index is 2.52. The van der Waals surface area contributed by atoms with E-state index in [2.05, 4.69) is 36.2 Å². The summed E-state index contributed by atoms with van der Waals surface area (Å²) < 4.78 is 5.33. The molecule has 3 heteroatoms. The van der Waals surface area contributed by atoms with Crippen LogP contribution in [0.25, 0.3) is 0 Å². The number of nitrogens with two attached hydrogens (primary N) is 1. The van der Waals surface area contributed by atoms with Crippen LogP contribution in [0.5, 0.6) is 0 Å². The zero-order valence-electron chi connectivity index (χ0n) is 10.4. The standard InChI is InChI=1S/C13H22N2O/c1-4-16-10-9-15(3)13-7-5-12(6-8-13)11(2)14/h5-8,11H,4,9-10,14H2,1-3H3. The molecule has 90 valence electrons. The first-order valence-corrected chi connectivity index (χ1v) is 5.79. The van der Waals surface area contributed by atoms with E-state index in [0.29, 0.717) is 0 Å². The van der Waals surface area contributed by atoms with Crippen molar-refractivity contribution in [2.24, 2.45) is 5.73 Å². The Bertz CT molecular complexity index is 295. The molecule has 0 radical (unpaired) electrons. The highest BCUT2D eigenvalue weighted by atomic mass is 16.5. The summed E-state index contributed by atoms with van der Waals surface area (Å²) in [6.45, 7) is 6.45. The number of benzene rings is 1. The molecule has 0 saturated heterocycles. The molecule has 1 aromatic rings. The van der Waals surface area contributed by atoms with Crippen LogP contribution >= 0.6 is 0 Å². The van der Waals surface area contributed by atoms with Gasteiger partial charge in [0.25, 0.3) is 0 Å². The Kier molecular flexibility index (Phi) is 5.29. The Morgan fingerprint density at radius 2 is 1.94 bits per heavy atom. The summed E-state index contributed by atoms with van der Waals surface area (Å²) in [5, 5.41) is 0. The molecule has 0 aliphatic rings. The van der Waals surface area contributed by atoms with Crippen molar-refractivity contribution in [2.45, 2.75) is 19.9 Å². The van der Waals surface area contributed by atoms with Gasteiger partial charge in [-0.25, -0.2) is 0 Å². The molecule has 0 bridgehead atoms. The van der Waals surface area contributed by atoms with Crippen molar-refractivity contribution < 1.29 is 4.74 Å². The molecule has 0 fully saturated rings. The van der Waals surface area contributed by atoms with Crippen molar-refractivity contribution in [3.05, 3.63) is 29.8 Å². The van der Waals surface area contributed by atoms with Crippen LogP contribution in [0.1, 0.15) is 25.5 Å². The summed E-state index contributed by atoms with van der Waals surface area (Å²) in [6, 6.07) is 8.46. The molecule has 0 spiro atoms. The third-order valence-electron chi connectivity index (χ3n) is 2.63. The molecular formula is C13H22N2O. The second kappa shape index (κ2) is 6.51. The minimum atomic E-state index is 0.0998. The fourth-order valence-electron chi connectivity index (χ4n) is 1.51. The lowest BCUT2D eigenvalue weighted by Crippen LogP contribution is -2.22. The van der Waals surface area contributed by atoms with Gasteiger partial charge < -0.3 is 15.4 Å². The zero-order chi connectivity index (χ0) is 12.0. The SMILES string of the molecule is CCOCCN(C)c1ccc(C(C)N)cc1. The second-order valence-electron chi connectivity index (χ2n) is 4.00. The van der Waals surface area contributed by atoms with Crippen LogP contribution in [0.2, 0.25) is 0 Å². The zero-order valence-corrected chi connectivity index (χ0v) is 10.4. The number of ether oxygens (including phenoxy) is 1. The molecular weight excluding hydrogens is 200 g/mol. The average molecular weight is 222 g/mol. The third-order valence-corrected chi connectivity index (χ3v) is 2.63. The highest BCUT2D eigenvalue weighted by Gasteiger charge is 2.02. The van der Waals surface area contributed by atoms with Crippen molar-refractivity contribution >= 4 is 5.69 Å². The number of anilines is 1. The van der Waals surface area contributed by atoms with Gasteiger partial charge in [-0.1, -0.05) is 12.1 Å². The molecule has 0 aliphatic heterocycles. The highest BCUT2D eigenvalue weighted by Crippen LogP contribution is 2.16. The van der Waals surface area contributed by atoms with E-state index in [0.717, 1.165) is 19.8 Å². The van der Waals surface area contributed by atoms with Gasteiger partial charge in [-0.2, -0.15) is 0 Å². The Morgan fingerprint density at radius 3 is 2.44 bits per heavy atom. The lowest BCUT2D eigenvalue weighted by atomic mass is 10.1. The average Bonchev–Trinajstić information content (AvgIpc) is 2.29. The van der Waals surface area contributed by atoms with E-state index in [-0.39, 0.29) is 6.04 Å². The first-order valence-electron chi connectivity index (χ1n) is 5.79. The van der Waals surface area contributed by atoms with E-state index < -0.39 is 0 Å². The maximum atomic E-state index is 5.80. The number of hydrogen-bond donors (Lipinski definition) is 1. The molecule has 0 heterocycles. The summed E-state index contributed by atoms with van der Waals surface area (Å²) in [6.07, 6.45) is 0. The summed E-state index contributed by atoms with van der Waals surface area (Å²) in [5.41, 5.74) is 8.17. The quantitative estimate of drug-likeness (QED) is 0.750. The van der Waals surface area contributed by atoms with Crippen LogP contribution in [-0.4, -0.2) is 26.8 Å². The first-order chi connectivity index (χ1) is 7.65. The lowest BCUT2D eigenvalue weighted by Gasteiger charge is -2.19. The van der Waals surface area contributed by atoms with Crippen molar-refractivity contribution in [3.8, 4) is 0 Å². The van der Waals surface area contributed by atoms with Gasteiger partial charge in [0, 0.05) is 31.9 Å². The number of likely N-dealkylation sites (N-methyl/N-ethyl adjacent to an activating group) is 1. The van der Waals surface area contributed by atoms with E-state index in [4.69, 9.17) is 10.5 Å².